The number of hydrogen-bond donors (Lipinski definition) is 3. The summed E-state index contributed by atoms with van der Waals surface area (Å²) < 4.78 is 22.2. The number of aliphatic hydroxyl groups is 1. The molecule has 13 heteroatoms. The number of hydrogen-bond acceptors (Lipinski definition) is 10. The summed E-state index contributed by atoms with van der Waals surface area (Å²) in [4.78, 5) is 65.4. The van der Waals surface area contributed by atoms with E-state index in [1.807, 2.05) is 13.8 Å². The van der Waals surface area contributed by atoms with E-state index in [-0.39, 0.29) is 38.2 Å². The molecule has 12 nitrogen and oxygen atoms in total. The van der Waals surface area contributed by atoms with E-state index in [0.29, 0.717) is 21.9 Å². The van der Waals surface area contributed by atoms with Gasteiger partial charge in [0.2, 0.25) is 11.8 Å². The molecule has 1 heterocycles. The van der Waals surface area contributed by atoms with Crippen LogP contribution in [0.4, 0.5) is 0 Å². The molecular weight excluding hydrogens is 668 g/mol. The summed E-state index contributed by atoms with van der Waals surface area (Å²) in [6.45, 7) is 8.51. The average molecular weight is 715 g/mol. The molecule has 0 saturated heterocycles. The minimum atomic E-state index is -1.30. The van der Waals surface area contributed by atoms with Crippen molar-refractivity contribution in [3.63, 3.8) is 0 Å². The SMILES string of the molecule is COc1ccc(C[C@H]2NC(=O)/C=C/C[C@@H]([C@H](C)[C@@H](OC=O)[C@H](O)c3ccccc3)OC(=O)[C@H](CC(C)C)OC(=O)C(C)(C)CNC2=O)cc1Cl. The number of cyclic esters (lactones) is 2. The van der Waals surface area contributed by atoms with Crippen molar-refractivity contribution in [3.05, 3.63) is 76.8 Å². The third-order valence-electron chi connectivity index (χ3n) is 8.42. The van der Waals surface area contributed by atoms with Crippen LogP contribution in [0.3, 0.4) is 0 Å². The van der Waals surface area contributed by atoms with Gasteiger partial charge in [-0.05, 0) is 55.5 Å². The number of methoxy groups -OCH3 is 1. The van der Waals surface area contributed by atoms with Crippen LogP contribution in [0, 0.1) is 17.3 Å². The molecule has 272 valence electrons. The molecule has 1 aliphatic rings. The highest BCUT2D eigenvalue weighted by molar-refractivity contribution is 6.32. The van der Waals surface area contributed by atoms with Crippen LogP contribution in [0.5, 0.6) is 5.75 Å². The molecular formula is C37H47ClN2O10. The Hall–Kier alpha value is -4.42. The molecule has 2 aromatic carbocycles. The molecule has 3 rings (SSSR count). The van der Waals surface area contributed by atoms with Crippen LogP contribution in [0.2, 0.25) is 5.02 Å². The van der Waals surface area contributed by atoms with Gasteiger partial charge in [0, 0.05) is 25.3 Å². The Morgan fingerprint density at radius 1 is 1.06 bits per heavy atom. The lowest BCUT2D eigenvalue weighted by Gasteiger charge is -2.33. The summed E-state index contributed by atoms with van der Waals surface area (Å²) in [5.41, 5.74) is -0.170. The van der Waals surface area contributed by atoms with Crippen LogP contribution in [0.25, 0.3) is 0 Å². The molecule has 1 aliphatic heterocycles. The van der Waals surface area contributed by atoms with Crippen LogP contribution in [-0.4, -0.2) is 73.3 Å². The Morgan fingerprint density at radius 2 is 1.76 bits per heavy atom. The number of carbonyl (C=O) groups is 5. The Bertz CT molecular complexity index is 1510. The van der Waals surface area contributed by atoms with E-state index in [4.69, 9.17) is 30.5 Å². The zero-order valence-electron chi connectivity index (χ0n) is 29.2. The summed E-state index contributed by atoms with van der Waals surface area (Å²) in [6, 6.07) is 12.5. The Balaban J connectivity index is 2.00. The van der Waals surface area contributed by atoms with Crippen molar-refractivity contribution in [3.8, 4) is 5.75 Å². The summed E-state index contributed by atoms with van der Waals surface area (Å²) in [6.07, 6.45) is -1.98. The van der Waals surface area contributed by atoms with Crippen LogP contribution in [-0.2, 0) is 44.6 Å². The quantitative estimate of drug-likeness (QED) is 0.174. The van der Waals surface area contributed by atoms with Gasteiger partial charge in [0.25, 0.3) is 6.47 Å². The second-order valence-electron chi connectivity index (χ2n) is 13.4. The van der Waals surface area contributed by atoms with Crippen molar-refractivity contribution in [1.29, 1.82) is 0 Å². The molecule has 50 heavy (non-hydrogen) atoms. The van der Waals surface area contributed by atoms with E-state index < -0.39 is 65.5 Å². The van der Waals surface area contributed by atoms with E-state index in [2.05, 4.69) is 10.6 Å². The average Bonchev–Trinajstić information content (AvgIpc) is 3.07. The molecule has 2 aromatic rings. The summed E-state index contributed by atoms with van der Waals surface area (Å²) in [7, 11) is 1.48. The van der Waals surface area contributed by atoms with Gasteiger partial charge in [0.05, 0.1) is 17.5 Å². The lowest BCUT2D eigenvalue weighted by Crippen LogP contribution is -2.51. The lowest BCUT2D eigenvalue weighted by atomic mass is 9.88. The van der Waals surface area contributed by atoms with E-state index >= 15 is 0 Å². The van der Waals surface area contributed by atoms with Gasteiger partial charge in [-0.3, -0.25) is 19.2 Å². The third-order valence-corrected chi connectivity index (χ3v) is 8.71. The smallest absolute Gasteiger partial charge is 0.347 e. The van der Waals surface area contributed by atoms with Crippen molar-refractivity contribution in [2.75, 3.05) is 13.7 Å². The molecule has 0 saturated carbocycles. The Kier molecular flexibility index (Phi) is 14.8. The first-order chi connectivity index (χ1) is 23.7. The van der Waals surface area contributed by atoms with E-state index in [9.17, 15) is 29.1 Å². The van der Waals surface area contributed by atoms with E-state index in [1.165, 1.54) is 19.3 Å². The zero-order valence-corrected chi connectivity index (χ0v) is 30.0. The van der Waals surface area contributed by atoms with Crippen molar-refractivity contribution in [2.45, 2.75) is 84.3 Å². The number of nitrogens with one attached hydrogen (secondary N) is 2. The molecule has 0 fully saturated rings. The first kappa shape index (κ1) is 40.0. The maximum Gasteiger partial charge on any atom is 0.347 e. The summed E-state index contributed by atoms with van der Waals surface area (Å²) >= 11 is 6.31. The van der Waals surface area contributed by atoms with Crippen molar-refractivity contribution in [1.82, 2.24) is 10.6 Å². The van der Waals surface area contributed by atoms with Gasteiger partial charge in [-0.15, -0.1) is 0 Å². The first-order valence-electron chi connectivity index (χ1n) is 16.5. The molecule has 6 atom stereocenters. The van der Waals surface area contributed by atoms with Crippen LogP contribution < -0.4 is 15.4 Å². The number of halogens is 1. The van der Waals surface area contributed by atoms with Crippen molar-refractivity contribution in [2.24, 2.45) is 17.3 Å². The minimum absolute atomic E-state index is 0.0562. The predicted octanol–water partition coefficient (Wildman–Crippen LogP) is 4.26. The number of rotatable bonds is 11. The first-order valence-corrected chi connectivity index (χ1v) is 16.9. The molecule has 0 spiro atoms. The van der Waals surface area contributed by atoms with Crippen LogP contribution >= 0.6 is 11.6 Å². The molecule has 0 aromatic heterocycles. The highest BCUT2D eigenvalue weighted by Gasteiger charge is 2.39. The van der Waals surface area contributed by atoms with Gasteiger partial charge in [-0.1, -0.05) is 74.8 Å². The number of amides is 2. The molecule has 0 aliphatic carbocycles. The fraction of sp³-hybridized carbons (Fsp3) is 0.486. The molecule has 2 amide bonds. The minimum Gasteiger partial charge on any atom is -0.495 e. The highest BCUT2D eigenvalue weighted by Crippen LogP contribution is 2.30. The van der Waals surface area contributed by atoms with Crippen molar-refractivity contribution >= 4 is 41.8 Å². The fourth-order valence-electron chi connectivity index (χ4n) is 5.42. The summed E-state index contributed by atoms with van der Waals surface area (Å²) in [5, 5.41) is 17.0. The predicted molar refractivity (Wildman–Crippen MR) is 185 cm³/mol. The number of aliphatic hydroxyl groups excluding tert-OH is 1. The molecule has 3 N–H and O–H groups in total. The lowest BCUT2D eigenvalue weighted by molar-refractivity contribution is -0.182. The monoisotopic (exact) mass is 714 g/mol. The maximum atomic E-state index is 13.7. The highest BCUT2D eigenvalue weighted by atomic mass is 35.5. The van der Waals surface area contributed by atoms with E-state index in [1.54, 1.807) is 69.3 Å². The summed E-state index contributed by atoms with van der Waals surface area (Å²) in [5.74, 6) is -3.20. The normalized spacial score (nSPS) is 22.9. The van der Waals surface area contributed by atoms with Gasteiger partial charge in [-0.2, -0.15) is 0 Å². The van der Waals surface area contributed by atoms with Gasteiger partial charge < -0.3 is 34.7 Å². The van der Waals surface area contributed by atoms with Gasteiger partial charge >= 0.3 is 11.9 Å². The number of benzene rings is 2. The second kappa shape index (κ2) is 18.5. The number of esters is 2. The number of carbonyl (C=O) groups excluding carboxylic acids is 5. The van der Waals surface area contributed by atoms with Gasteiger partial charge in [0.1, 0.15) is 30.1 Å². The maximum absolute atomic E-state index is 13.7. The Labute approximate surface area is 297 Å². The number of ether oxygens (including phenoxy) is 4. The topological polar surface area (TPSA) is 167 Å². The molecule has 0 radical (unpaired) electrons. The fourth-order valence-corrected chi connectivity index (χ4v) is 5.70. The second-order valence-corrected chi connectivity index (χ2v) is 13.8. The zero-order chi connectivity index (χ0) is 37.0. The van der Waals surface area contributed by atoms with E-state index in [0.717, 1.165) is 0 Å². The third kappa shape index (κ3) is 11.3. The van der Waals surface area contributed by atoms with Crippen LogP contribution in [0.15, 0.2) is 60.7 Å². The Morgan fingerprint density at radius 3 is 2.38 bits per heavy atom. The van der Waals surface area contributed by atoms with Crippen LogP contribution in [0.1, 0.15) is 64.7 Å². The van der Waals surface area contributed by atoms with Gasteiger partial charge in [-0.25, -0.2) is 4.79 Å². The van der Waals surface area contributed by atoms with Crippen molar-refractivity contribution < 1.29 is 48.0 Å². The molecule has 0 unspecified atom stereocenters. The molecule has 0 bridgehead atoms. The largest absolute Gasteiger partial charge is 0.495 e. The van der Waals surface area contributed by atoms with Gasteiger partial charge in [0.15, 0.2) is 6.10 Å². The standard InChI is InChI=1S/C37H47ClN2O10/c1-22(2)17-30-35(45)49-28(23(3)33(48-21-41)32(43)25-11-8-7-9-12-25)13-10-14-31(42)40-27(19-24-15-16-29(47-6)26(38)18-24)34(44)39-20-37(4,5)36(46)50-30/h7-12,14-16,18,21-23,27-28,30,32-33,43H,13,17,19-20H2,1-6H3,(H,39,44)(H,40,42)/b14-10+/t23-,27+,28-,30-,32+,33+/m0/s1.